The number of nitriles is 2. The Balaban J connectivity index is 0.000000576. The SMILES string of the molecule is CS(=O)(CCc1ccc(C(F)(F)F)nc1)=NC#N.CS(C)(=O)=NC#N.FC(F)(F)c1ccc(Cl)cn1. The Morgan fingerprint density at radius 3 is 1.64 bits per heavy atom. The maximum absolute atomic E-state index is 12.2. The maximum Gasteiger partial charge on any atom is 0.433 e. The van der Waals surface area contributed by atoms with Gasteiger partial charge in [-0.1, -0.05) is 17.7 Å². The number of nitrogens with zero attached hydrogens (tertiary/aromatic N) is 6. The van der Waals surface area contributed by atoms with Crippen LogP contribution in [0.25, 0.3) is 0 Å². The Labute approximate surface area is 209 Å². The number of aromatic nitrogens is 2. The Morgan fingerprint density at radius 2 is 1.33 bits per heavy atom. The van der Waals surface area contributed by atoms with Gasteiger partial charge in [0, 0.05) is 36.9 Å². The van der Waals surface area contributed by atoms with Gasteiger partial charge in [-0.25, -0.2) is 8.42 Å². The predicted octanol–water partition coefficient (Wildman–Crippen LogP) is 5.17. The summed E-state index contributed by atoms with van der Waals surface area (Å²) in [6.45, 7) is 0. The van der Waals surface area contributed by atoms with Crippen molar-refractivity contribution in [1.29, 1.82) is 10.5 Å². The van der Waals surface area contributed by atoms with Crippen LogP contribution in [0, 0.1) is 22.9 Å². The van der Waals surface area contributed by atoms with Crippen molar-refractivity contribution in [2.24, 2.45) is 8.73 Å². The molecule has 0 spiro atoms. The first-order valence-corrected chi connectivity index (χ1v) is 13.9. The van der Waals surface area contributed by atoms with Crippen LogP contribution in [0.1, 0.15) is 17.0 Å². The highest BCUT2D eigenvalue weighted by Crippen LogP contribution is 2.28. The molecule has 8 nitrogen and oxygen atoms in total. The standard InChI is InChI=1S/C10H10F3N3OS.C6H3ClF3N.C3H6N2OS/c1-18(17,16-7-14)5-4-8-2-3-9(15-6-8)10(11,12)13;7-4-1-2-5(11-3-4)6(8,9)10;1-7(2,6)5-3-4/h2-3,6H,4-5H2,1H3;1-3H;1-2H3. The summed E-state index contributed by atoms with van der Waals surface area (Å²) in [6, 6.07) is 4.13. The number of hydrogen-bond acceptors (Lipinski definition) is 8. The van der Waals surface area contributed by atoms with E-state index in [9.17, 15) is 34.8 Å². The lowest BCUT2D eigenvalue weighted by Crippen LogP contribution is -2.09. The molecule has 1 unspecified atom stereocenters. The average molecular weight is 577 g/mol. The van der Waals surface area contributed by atoms with Crippen LogP contribution in [-0.2, 0) is 38.2 Å². The summed E-state index contributed by atoms with van der Waals surface area (Å²) in [5.74, 6) is 0.105. The van der Waals surface area contributed by atoms with Crippen LogP contribution >= 0.6 is 11.6 Å². The highest BCUT2D eigenvalue weighted by molar-refractivity contribution is 7.93. The molecule has 2 aromatic heterocycles. The molecule has 198 valence electrons. The van der Waals surface area contributed by atoms with E-state index >= 15 is 0 Å². The Kier molecular flexibility index (Phi) is 12.8. The molecule has 2 aromatic rings. The zero-order valence-corrected chi connectivity index (χ0v) is 21.2. The number of hydrogen-bond donors (Lipinski definition) is 0. The lowest BCUT2D eigenvalue weighted by Gasteiger charge is -2.06. The third-order valence-corrected chi connectivity index (χ3v) is 5.57. The van der Waals surface area contributed by atoms with Gasteiger partial charge in [-0.05, 0) is 30.2 Å². The van der Waals surface area contributed by atoms with Crippen molar-refractivity contribution < 1.29 is 34.8 Å². The van der Waals surface area contributed by atoms with Crippen molar-refractivity contribution in [3.05, 3.63) is 58.6 Å². The van der Waals surface area contributed by atoms with E-state index in [1.807, 2.05) is 0 Å². The Hall–Kier alpha value is -2.95. The van der Waals surface area contributed by atoms with Crippen LogP contribution in [0.4, 0.5) is 26.3 Å². The molecule has 2 heterocycles. The first kappa shape index (κ1) is 33.1. The summed E-state index contributed by atoms with van der Waals surface area (Å²) in [6.07, 6.45) is 0.525. The molecule has 17 heteroatoms. The lowest BCUT2D eigenvalue weighted by atomic mass is 10.2. The molecular formula is C19H19ClF6N6O2S2. The van der Waals surface area contributed by atoms with Crippen LogP contribution < -0.4 is 0 Å². The van der Waals surface area contributed by atoms with Gasteiger partial charge in [-0.2, -0.15) is 36.9 Å². The first-order valence-electron chi connectivity index (χ1n) is 9.15. The average Bonchev–Trinajstić information content (AvgIpc) is 2.72. The van der Waals surface area contributed by atoms with E-state index in [4.69, 9.17) is 22.1 Å². The van der Waals surface area contributed by atoms with Crippen molar-refractivity contribution in [2.45, 2.75) is 18.8 Å². The zero-order chi connectivity index (χ0) is 28.2. The minimum absolute atomic E-state index is 0.105. The molecule has 0 bridgehead atoms. The van der Waals surface area contributed by atoms with Gasteiger partial charge in [-0.15, -0.1) is 8.73 Å². The van der Waals surface area contributed by atoms with Crippen molar-refractivity contribution in [2.75, 3.05) is 24.5 Å². The number of rotatable bonds is 3. The molecule has 0 aromatic carbocycles. The van der Waals surface area contributed by atoms with Crippen molar-refractivity contribution in [3.8, 4) is 12.4 Å². The summed E-state index contributed by atoms with van der Waals surface area (Å²) in [7, 11) is -4.76. The molecule has 1 atom stereocenters. The molecular weight excluding hydrogens is 558 g/mol. The highest BCUT2D eigenvalue weighted by atomic mass is 35.5. The molecule has 0 radical (unpaired) electrons. The molecule has 0 aliphatic heterocycles. The molecule has 36 heavy (non-hydrogen) atoms. The first-order chi connectivity index (χ1) is 16.3. The minimum atomic E-state index is -4.47. The summed E-state index contributed by atoms with van der Waals surface area (Å²) in [5, 5.41) is 16.3. The third-order valence-electron chi connectivity index (χ3n) is 3.40. The predicted molar refractivity (Wildman–Crippen MR) is 122 cm³/mol. The molecule has 0 aliphatic carbocycles. The molecule has 0 aliphatic rings. The molecule has 0 N–H and O–H groups in total. The number of halogens is 7. The summed E-state index contributed by atoms with van der Waals surface area (Å²) in [4.78, 5) is 6.38. The van der Waals surface area contributed by atoms with Crippen molar-refractivity contribution >= 4 is 31.1 Å². The third kappa shape index (κ3) is 15.1. The summed E-state index contributed by atoms with van der Waals surface area (Å²) >= 11 is 5.33. The van der Waals surface area contributed by atoms with E-state index in [1.54, 1.807) is 0 Å². The van der Waals surface area contributed by atoms with E-state index in [-0.39, 0.29) is 17.2 Å². The maximum atomic E-state index is 12.2. The van der Waals surface area contributed by atoms with E-state index < -0.39 is 43.2 Å². The van der Waals surface area contributed by atoms with Gasteiger partial charge in [0.25, 0.3) is 0 Å². The number of alkyl halides is 6. The molecule has 0 saturated heterocycles. The fourth-order valence-electron chi connectivity index (χ4n) is 1.82. The zero-order valence-electron chi connectivity index (χ0n) is 18.8. The van der Waals surface area contributed by atoms with Gasteiger partial charge in [0.2, 0.25) is 12.4 Å². The number of pyridine rings is 2. The number of aryl methyl sites for hydroxylation is 1. The van der Waals surface area contributed by atoms with Crippen LogP contribution in [0.2, 0.25) is 5.02 Å². The monoisotopic (exact) mass is 576 g/mol. The largest absolute Gasteiger partial charge is 0.433 e. The molecule has 2 rings (SSSR count). The molecule has 0 fully saturated rings. The second kappa shape index (κ2) is 14.0. The summed E-state index contributed by atoms with van der Waals surface area (Å²) < 4.78 is 100. The van der Waals surface area contributed by atoms with Crippen LogP contribution in [0.3, 0.4) is 0 Å². The topological polar surface area (TPSA) is 132 Å². The fourth-order valence-corrected chi connectivity index (χ4v) is 3.01. The van der Waals surface area contributed by atoms with Gasteiger partial charge >= 0.3 is 12.4 Å². The fraction of sp³-hybridized carbons (Fsp3) is 0.368. The van der Waals surface area contributed by atoms with Crippen LogP contribution in [0.5, 0.6) is 0 Å². The second-order valence-corrected chi connectivity index (χ2v) is 12.4. The van der Waals surface area contributed by atoms with E-state index in [2.05, 4.69) is 18.7 Å². The van der Waals surface area contributed by atoms with Crippen LogP contribution in [-0.4, -0.2) is 42.9 Å². The Morgan fingerprint density at radius 1 is 0.861 bits per heavy atom. The van der Waals surface area contributed by atoms with Gasteiger partial charge in [0.15, 0.2) is 0 Å². The summed E-state index contributed by atoms with van der Waals surface area (Å²) in [5.41, 5.74) is -1.38. The second-order valence-electron chi connectivity index (χ2n) is 6.89. The van der Waals surface area contributed by atoms with Gasteiger partial charge < -0.3 is 0 Å². The highest BCUT2D eigenvalue weighted by Gasteiger charge is 2.32. The van der Waals surface area contributed by atoms with Crippen molar-refractivity contribution in [3.63, 3.8) is 0 Å². The van der Waals surface area contributed by atoms with Gasteiger partial charge in [0.05, 0.1) is 24.5 Å². The van der Waals surface area contributed by atoms with E-state index in [1.165, 1.54) is 37.2 Å². The van der Waals surface area contributed by atoms with E-state index in [0.717, 1.165) is 30.6 Å². The van der Waals surface area contributed by atoms with Gasteiger partial charge in [0.1, 0.15) is 11.4 Å². The normalized spacial score (nSPS) is 12.8. The smallest absolute Gasteiger partial charge is 0.252 e. The van der Waals surface area contributed by atoms with Crippen LogP contribution in [0.15, 0.2) is 45.4 Å². The Bertz CT molecular complexity index is 1310. The quantitative estimate of drug-likeness (QED) is 0.366. The van der Waals surface area contributed by atoms with E-state index in [0.29, 0.717) is 5.56 Å². The molecule has 0 saturated carbocycles. The molecule has 0 amide bonds. The lowest BCUT2D eigenvalue weighted by molar-refractivity contribution is -0.142. The van der Waals surface area contributed by atoms with Crippen molar-refractivity contribution in [1.82, 2.24) is 9.97 Å². The minimum Gasteiger partial charge on any atom is -0.252 e. The van der Waals surface area contributed by atoms with Gasteiger partial charge in [-0.3, -0.25) is 9.97 Å².